The molecule has 4 nitrogen and oxygen atoms in total. The van der Waals surface area contributed by atoms with Crippen LogP contribution < -0.4 is 0 Å². The van der Waals surface area contributed by atoms with Crippen molar-refractivity contribution in [1.29, 1.82) is 0 Å². The maximum Gasteiger partial charge on any atom is 0.310 e. The van der Waals surface area contributed by atoms with Crippen LogP contribution in [-0.2, 0) is 4.79 Å². The summed E-state index contributed by atoms with van der Waals surface area (Å²) < 4.78 is 0. The predicted octanol–water partition coefficient (Wildman–Crippen LogP) is 1.90. The van der Waals surface area contributed by atoms with Gasteiger partial charge in [0.25, 0.3) is 0 Å². The van der Waals surface area contributed by atoms with Crippen molar-refractivity contribution in [2.24, 2.45) is 5.41 Å². The van der Waals surface area contributed by atoms with Gasteiger partial charge >= 0.3 is 5.97 Å². The molecule has 4 heteroatoms. The summed E-state index contributed by atoms with van der Waals surface area (Å²) in [5.74, 6) is -0.641. The van der Waals surface area contributed by atoms with E-state index in [2.05, 4.69) is 23.8 Å². The van der Waals surface area contributed by atoms with E-state index >= 15 is 0 Å². The summed E-state index contributed by atoms with van der Waals surface area (Å²) in [7, 11) is 2.14. The highest BCUT2D eigenvalue weighted by atomic mass is 16.4. The Morgan fingerprint density at radius 3 is 2.44 bits per heavy atom. The van der Waals surface area contributed by atoms with Crippen LogP contribution in [0.25, 0.3) is 0 Å². The predicted molar refractivity (Wildman–Crippen MR) is 73.8 cm³/mol. The Morgan fingerprint density at radius 2 is 1.94 bits per heavy atom. The molecule has 1 aliphatic heterocycles. The quantitative estimate of drug-likeness (QED) is 0.816. The molecular formula is C14H28N2O2. The van der Waals surface area contributed by atoms with E-state index in [1.54, 1.807) is 0 Å². The molecular weight excluding hydrogens is 228 g/mol. The van der Waals surface area contributed by atoms with E-state index in [0.717, 1.165) is 26.1 Å². The van der Waals surface area contributed by atoms with Crippen LogP contribution in [0, 0.1) is 5.41 Å². The lowest BCUT2D eigenvalue weighted by molar-refractivity contribution is -0.151. The smallest absolute Gasteiger partial charge is 0.310 e. The standard InChI is InChI=1S/C14H28N2O2/c1-5-14(6-2,13(17)18)11-16-9-7-8-15(4)10-12(16)3/h12H,5-11H2,1-4H3,(H,17,18). The van der Waals surface area contributed by atoms with Crippen LogP contribution >= 0.6 is 0 Å². The van der Waals surface area contributed by atoms with E-state index in [1.807, 2.05) is 13.8 Å². The summed E-state index contributed by atoms with van der Waals surface area (Å²) in [6, 6.07) is 0.439. The van der Waals surface area contributed by atoms with Gasteiger partial charge in [0.15, 0.2) is 0 Å². The van der Waals surface area contributed by atoms with E-state index in [9.17, 15) is 9.90 Å². The van der Waals surface area contributed by atoms with E-state index in [-0.39, 0.29) is 0 Å². The fourth-order valence-corrected chi connectivity index (χ4v) is 2.89. The highest BCUT2D eigenvalue weighted by molar-refractivity contribution is 5.74. The van der Waals surface area contributed by atoms with Crippen LogP contribution in [0.2, 0.25) is 0 Å². The van der Waals surface area contributed by atoms with Gasteiger partial charge in [0.2, 0.25) is 0 Å². The SMILES string of the molecule is CCC(CC)(CN1CCCN(C)CC1C)C(=O)O. The minimum atomic E-state index is -0.641. The van der Waals surface area contributed by atoms with Gasteiger partial charge < -0.3 is 10.0 Å². The van der Waals surface area contributed by atoms with Gasteiger partial charge in [0.05, 0.1) is 5.41 Å². The minimum Gasteiger partial charge on any atom is -0.481 e. The summed E-state index contributed by atoms with van der Waals surface area (Å²) in [6.07, 6.45) is 2.54. The van der Waals surface area contributed by atoms with Crippen LogP contribution in [0.5, 0.6) is 0 Å². The van der Waals surface area contributed by atoms with E-state index in [0.29, 0.717) is 25.4 Å². The zero-order valence-corrected chi connectivity index (χ0v) is 12.3. The van der Waals surface area contributed by atoms with Gasteiger partial charge in [-0.1, -0.05) is 13.8 Å². The molecule has 1 rings (SSSR count). The van der Waals surface area contributed by atoms with Crippen LogP contribution in [0.3, 0.4) is 0 Å². The maximum absolute atomic E-state index is 11.6. The molecule has 0 aliphatic carbocycles. The Kier molecular flexibility index (Phi) is 5.60. The number of likely N-dealkylation sites (N-methyl/N-ethyl adjacent to an activating group) is 1. The molecule has 1 N–H and O–H groups in total. The molecule has 18 heavy (non-hydrogen) atoms. The van der Waals surface area contributed by atoms with Gasteiger partial charge in [-0.3, -0.25) is 9.69 Å². The molecule has 1 heterocycles. The van der Waals surface area contributed by atoms with Crippen molar-refractivity contribution in [3.8, 4) is 0 Å². The molecule has 0 radical (unpaired) electrons. The van der Waals surface area contributed by atoms with E-state index in [4.69, 9.17) is 0 Å². The van der Waals surface area contributed by atoms with Gasteiger partial charge in [-0.2, -0.15) is 0 Å². The molecule has 1 atom stereocenters. The first kappa shape index (κ1) is 15.4. The number of carboxylic acids is 1. The minimum absolute atomic E-state index is 0.439. The first-order valence-electron chi connectivity index (χ1n) is 7.11. The van der Waals surface area contributed by atoms with Gasteiger partial charge in [0, 0.05) is 19.1 Å². The summed E-state index contributed by atoms with van der Waals surface area (Å²) in [5.41, 5.74) is -0.572. The molecule has 1 unspecified atom stereocenters. The first-order chi connectivity index (χ1) is 8.45. The average molecular weight is 256 g/mol. The molecule has 0 aromatic heterocycles. The zero-order chi connectivity index (χ0) is 13.8. The summed E-state index contributed by atoms with van der Waals surface area (Å²) >= 11 is 0. The number of aliphatic carboxylic acids is 1. The Balaban J connectivity index is 2.76. The maximum atomic E-state index is 11.6. The lowest BCUT2D eigenvalue weighted by atomic mass is 9.81. The second-order valence-corrected chi connectivity index (χ2v) is 5.73. The lowest BCUT2D eigenvalue weighted by Crippen LogP contribution is -2.47. The molecule has 0 aromatic rings. The van der Waals surface area contributed by atoms with Crippen molar-refractivity contribution in [1.82, 2.24) is 9.80 Å². The Hall–Kier alpha value is -0.610. The fraction of sp³-hybridized carbons (Fsp3) is 0.929. The zero-order valence-electron chi connectivity index (χ0n) is 12.3. The van der Waals surface area contributed by atoms with E-state index < -0.39 is 11.4 Å². The first-order valence-corrected chi connectivity index (χ1v) is 7.11. The van der Waals surface area contributed by atoms with Gasteiger partial charge in [-0.25, -0.2) is 0 Å². The molecule has 1 fully saturated rings. The summed E-state index contributed by atoms with van der Waals surface area (Å²) in [5, 5.41) is 9.53. The molecule has 0 bridgehead atoms. The van der Waals surface area contributed by atoms with Crippen molar-refractivity contribution < 1.29 is 9.90 Å². The molecule has 106 valence electrons. The third kappa shape index (κ3) is 3.45. The third-order valence-corrected chi connectivity index (χ3v) is 4.50. The van der Waals surface area contributed by atoms with Crippen LogP contribution in [0.4, 0.5) is 0 Å². The second-order valence-electron chi connectivity index (χ2n) is 5.73. The van der Waals surface area contributed by atoms with Gasteiger partial charge in [-0.15, -0.1) is 0 Å². The van der Waals surface area contributed by atoms with Crippen LogP contribution in [0.15, 0.2) is 0 Å². The number of rotatable bonds is 5. The van der Waals surface area contributed by atoms with Crippen molar-refractivity contribution in [3.63, 3.8) is 0 Å². The highest BCUT2D eigenvalue weighted by Crippen LogP contribution is 2.29. The largest absolute Gasteiger partial charge is 0.481 e. The number of hydrogen-bond acceptors (Lipinski definition) is 3. The fourth-order valence-electron chi connectivity index (χ4n) is 2.89. The monoisotopic (exact) mass is 256 g/mol. The Bertz CT molecular complexity index is 277. The number of carbonyl (C=O) groups is 1. The third-order valence-electron chi connectivity index (χ3n) is 4.50. The molecule has 1 saturated heterocycles. The van der Waals surface area contributed by atoms with Gasteiger partial charge in [0.1, 0.15) is 0 Å². The number of nitrogens with zero attached hydrogens (tertiary/aromatic N) is 2. The van der Waals surface area contributed by atoms with Crippen molar-refractivity contribution in [2.45, 2.75) is 46.1 Å². The Morgan fingerprint density at radius 1 is 1.33 bits per heavy atom. The molecule has 0 aromatic carbocycles. The highest BCUT2D eigenvalue weighted by Gasteiger charge is 2.38. The van der Waals surface area contributed by atoms with Crippen molar-refractivity contribution >= 4 is 5.97 Å². The molecule has 0 amide bonds. The van der Waals surface area contributed by atoms with Crippen LogP contribution in [0.1, 0.15) is 40.0 Å². The molecule has 0 saturated carbocycles. The molecule has 1 aliphatic rings. The lowest BCUT2D eigenvalue weighted by Gasteiger charge is -2.36. The van der Waals surface area contributed by atoms with Crippen molar-refractivity contribution in [3.05, 3.63) is 0 Å². The van der Waals surface area contributed by atoms with E-state index in [1.165, 1.54) is 0 Å². The number of hydrogen-bond donors (Lipinski definition) is 1. The van der Waals surface area contributed by atoms with Gasteiger partial charge in [-0.05, 0) is 46.3 Å². The summed E-state index contributed by atoms with van der Waals surface area (Å²) in [6.45, 7) is 10.0. The topological polar surface area (TPSA) is 43.8 Å². The average Bonchev–Trinajstić information content (AvgIpc) is 2.47. The second kappa shape index (κ2) is 6.53. The molecule has 0 spiro atoms. The Labute approximate surface area is 111 Å². The van der Waals surface area contributed by atoms with Crippen molar-refractivity contribution in [2.75, 3.05) is 33.2 Å². The summed E-state index contributed by atoms with van der Waals surface area (Å²) in [4.78, 5) is 16.3. The van der Waals surface area contributed by atoms with Crippen LogP contribution in [-0.4, -0.2) is 60.1 Å². The number of carboxylic acid groups (broad SMARTS) is 1. The normalized spacial score (nSPS) is 23.9.